The molecule has 2 saturated heterocycles. The number of likely N-dealkylation sites (tertiary alicyclic amines) is 1. The highest BCUT2D eigenvalue weighted by Crippen LogP contribution is 2.23. The third kappa shape index (κ3) is 4.51. The molecule has 1 aromatic heterocycles. The number of furan rings is 1. The largest absolute Gasteiger partial charge is 0.497 e. The van der Waals surface area contributed by atoms with Crippen molar-refractivity contribution >= 4 is 11.8 Å². The molecule has 0 spiro atoms. The van der Waals surface area contributed by atoms with Crippen LogP contribution in [0, 0.1) is 0 Å². The zero-order chi connectivity index (χ0) is 20.9. The van der Waals surface area contributed by atoms with Gasteiger partial charge in [-0.15, -0.1) is 0 Å². The summed E-state index contributed by atoms with van der Waals surface area (Å²) < 4.78 is 10.5. The van der Waals surface area contributed by atoms with Gasteiger partial charge in [0.25, 0.3) is 5.91 Å². The Labute approximate surface area is 177 Å². The zero-order valence-corrected chi connectivity index (χ0v) is 17.5. The lowest BCUT2D eigenvalue weighted by Crippen LogP contribution is -2.48. The number of ether oxygens (including phenoxy) is 1. The highest BCUT2D eigenvalue weighted by atomic mass is 16.5. The third-order valence-electron chi connectivity index (χ3n) is 6.00. The highest BCUT2D eigenvalue weighted by Gasteiger charge is 2.38. The summed E-state index contributed by atoms with van der Waals surface area (Å²) >= 11 is 0. The number of methoxy groups -OCH3 is 1. The Morgan fingerprint density at radius 1 is 1.03 bits per heavy atom. The van der Waals surface area contributed by atoms with Gasteiger partial charge in [0, 0.05) is 39.3 Å². The molecule has 2 aliphatic heterocycles. The van der Waals surface area contributed by atoms with Crippen LogP contribution in [-0.2, 0) is 11.3 Å². The van der Waals surface area contributed by atoms with E-state index in [9.17, 15) is 9.59 Å². The lowest BCUT2D eigenvalue weighted by Gasteiger charge is -2.29. The number of carbonyl (C=O) groups excluding carboxylic acids is 2. The summed E-state index contributed by atoms with van der Waals surface area (Å²) in [5.41, 5.74) is 1.24. The van der Waals surface area contributed by atoms with E-state index < -0.39 is 0 Å². The third-order valence-corrected chi connectivity index (χ3v) is 6.00. The molecule has 3 heterocycles. The molecule has 160 valence electrons. The first-order chi connectivity index (χ1) is 14.7. The van der Waals surface area contributed by atoms with Crippen molar-refractivity contribution < 1.29 is 18.7 Å². The van der Waals surface area contributed by atoms with Crippen LogP contribution in [0.5, 0.6) is 5.75 Å². The Morgan fingerprint density at radius 3 is 2.60 bits per heavy atom. The Morgan fingerprint density at radius 2 is 1.87 bits per heavy atom. The van der Waals surface area contributed by atoms with Gasteiger partial charge in [-0.05, 0) is 49.1 Å². The first-order valence-corrected chi connectivity index (χ1v) is 10.6. The van der Waals surface area contributed by atoms with Crippen LogP contribution in [0.2, 0.25) is 0 Å². The summed E-state index contributed by atoms with van der Waals surface area (Å²) in [6.07, 6.45) is 3.99. The minimum Gasteiger partial charge on any atom is -0.497 e. The number of nitrogens with zero attached hydrogens (tertiary/aromatic N) is 3. The van der Waals surface area contributed by atoms with Gasteiger partial charge in [-0.2, -0.15) is 0 Å². The normalized spacial score (nSPS) is 20.2. The van der Waals surface area contributed by atoms with Crippen molar-refractivity contribution in [1.29, 1.82) is 0 Å². The van der Waals surface area contributed by atoms with Crippen LogP contribution in [0.25, 0.3) is 0 Å². The zero-order valence-electron chi connectivity index (χ0n) is 17.5. The average Bonchev–Trinajstić information content (AvgIpc) is 3.43. The molecular weight excluding hydrogens is 382 g/mol. The second-order valence-electron chi connectivity index (χ2n) is 7.94. The van der Waals surface area contributed by atoms with E-state index in [0.29, 0.717) is 18.8 Å². The number of carbonyl (C=O) groups is 2. The van der Waals surface area contributed by atoms with E-state index in [1.807, 2.05) is 17.0 Å². The number of hydrogen-bond donors (Lipinski definition) is 0. The number of hydrogen-bond acceptors (Lipinski definition) is 5. The van der Waals surface area contributed by atoms with Crippen LogP contribution in [0.15, 0.2) is 47.1 Å². The van der Waals surface area contributed by atoms with Crippen molar-refractivity contribution in [3.05, 3.63) is 54.0 Å². The van der Waals surface area contributed by atoms with Crippen LogP contribution in [0.4, 0.5) is 0 Å². The maximum atomic E-state index is 13.2. The van der Waals surface area contributed by atoms with E-state index in [4.69, 9.17) is 9.15 Å². The molecule has 0 unspecified atom stereocenters. The summed E-state index contributed by atoms with van der Waals surface area (Å²) in [5.74, 6) is 1.04. The second kappa shape index (κ2) is 9.34. The van der Waals surface area contributed by atoms with Crippen LogP contribution in [0.1, 0.15) is 35.4 Å². The Balaban J connectivity index is 1.35. The average molecular weight is 412 g/mol. The highest BCUT2D eigenvalue weighted by molar-refractivity contribution is 5.96. The SMILES string of the molecule is COc1ccc(CN2CCCN(C(=O)[C@H]3CCCN3C(=O)c3ccco3)CC2)cc1. The quantitative estimate of drug-likeness (QED) is 0.757. The van der Waals surface area contributed by atoms with Crippen LogP contribution in [0.3, 0.4) is 0 Å². The molecule has 0 aliphatic carbocycles. The predicted molar refractivity (Wildman–Crippen MR) is 112 cm³/mol. The van der Waals surface area contributed by atoms with Gasteiger partial charge >= 0.3 is 0 Å². The summed E-state index contributed by atoms with van der Waals surface area (Å²) in [4.78, 5) is 32.0. The molecule has 2 aliphatic rings. The summed E-state index contributed by atoms with van der Waals surface area (Å²) in [5, 5.41) is 0. The van der Waals surface area contributed by atoms with E-state index in [1.165, 1.54) is 11.8 Å². The van der Waals surface area contributed by atoms with Crippen molar-refractivity contribution in [2.75, 3.05) is 39.8 Å². The topological polar surface area (TPSA) is 66.2 Å². The van der Waals surface area contributed by atoms with Crippen LogP contribution in [-0.4, -0.2) is 72.4 Å². The molecule has 2 amide bonds. The summed E-state index contributed by atoms with van der Waals surface area (Å²) in [7, 11) is 1.67. The fourth-order valence-corrected chi connectivity index (χ4v) is 4.36. The Bertz CT molecular complexity index is 850. The van der Waals surface area contributed by atoms with Crippen molar-refractivity contribution in [3.63, 3.8) is 0 Å². The van der Waals surface area contributed by atoms with Crippen molar-refractivity contribution in [1.82, 2.24) is 14.7 Å². The van der Waals surface area contributed by atoms with Crippen molar-refractivity contribution in [2.45, 2.75) is 31.8 Å². The van der Waals surface area contributed by atoms with Gasteiger partial charge in [0.2, 0.25) is 5.91 Å². The smallest absolute Gasteiger partial charge is 0.290 e. The molecule has 7 heteroatoms. The summed E-state index contributed by atoms with van der Waals surface area (Å²) in [6, 6.07) is 11.1. The number of benzene rings is 1. The molecular formula is C23H29N3O4. The monoisotopic (exact) mass is 411 g/mol. The van der Waals surface area contributed by atoms with Crippen LogP contribution >= 0.6 is 0 Å². The molecule has 2 fully saturated rings. The van der Waals surface area contributed by atoms with Gasteiger partial charge in [-0.3, -0.25) is 14.5 Å². The van der Waals surface area contributed by atoms with E-state index in [-0.39, 0.29) is 17.9 Å². The molecule has 0 N–H and O–H groups in total. The van der Waals surface area contributed by atoms with Gasteiger partial charge in [0.15, 0.2) is 5.76 Å². The molecule has 1 aromatic carbocycles. The van der Waals surface area contributed by atoms with Crippen LogP contribution < -0.4 is 4.74 Å². The Hall–Kier alpha value is -2.80. The van der Waals surface area contributed by atoms with Gasteiger partial charge < -0.3 is 19.0 Å². The number of amides is 2. The molecule has 0 radical (unpaired) electrons. The first kappa shape index (κ1) is 20.5. The molecule has 7 nitrogen and oxygen atoms in total. The fraction of sp³-hybridized carbons (Fsp3) is 0.478. The molecule has 0 bridgehead atoms. The van der Waals surface area contributed by atoms with Gasteiger partial charge in [-0.25, -0.2) is 0 Å². The minimum atomic E-state index is -0.379. The second-order valence-corrected chi connectivity index (χ2v) is 7.94. The molecule has 30 heavy (non-hydrogen) atoms. The summed E-state index contributed by atoms with van der Waals surface area (Å²) in [6.45, 7) is 4.67. The van der Waals surface area contributed by atoms with E-state index >= 15 is 0 Å². The number of rotatable bonds is 5. The van der Waals surface area contributed by atoms with E-state index in [1.54, 1.807) is 24.1 Å². The van der Waals surface area contributed by atoms with Gasteiger partial charge in [-0.1, -0.05) is 12.1 Å². The Kier molecular flexibility index (Phi) is 6.38. The predicted octanol–water partition coefficient (Wildman–Crippen LogP) is 2.63. The van der Waals surface area contributed by atoms with Gasteiger partial charge in [0.1, 0.15) is 11.8 Å². The van der Waals surface area contributed by atoms with E-state index in [2.05, 4.69) is 17.0 Å². The maximum Gasteiger partial charge on any atom is 0.290 e. The van der Waals surface area contributed by atoms with E-state index in [0.717, 1.165) is 51.2 Å². The molecule has 4 rings (SSSR count). The molecule has 0 saturated carbocycles. The van der Waals surface area contributed by atoms with Gasteiger partial charge in [0.05, 0.1) is 13.4 Å². The standard InChI is InChI=1S/C23H29N3O4/c1-29-19-9-7-18(8-10-19)17-24-11-4-12-25(15-14-24)22(27)20-5-2-13-26(20)23(28)21-6-3-16-30-21/h3,6-10,16,20H,2,4-5,11-15,17H2,1H3/t20-/m1/s1. The fourth-order valence-electron chi connectivity index (χ4n) is 4.36. The molecule has 1 atom stereocenters. The maximum absolute atomic E-state index is 13.2. The lowest BCUT2D eigenvalue weighted by atomic mass is 10.1. The molecule has 2 aromatic rings. The minimum absolute atomic E-state index is 0.0682. The lowest BCUT2D eigenvalue weighted by molar-refractivity contribution is -0.135. The van der Waals surface area contributed by atoms with Crippen molar-refractivity contribution in [2.24, 2.45) is 0 Å². The van der Waals surface area contributed by atoms with Crippen molar-refractivity contribution in [3.8, 4) is 5.75 Å². The first-order valence-electron chi connectivity index (χ1n) is 10.6.